The van der Waals surface area contributed by atoms with Crippen LogP contribution in [-0.2, 0) is 0 Å². The number of rotatable bonds is 3. The topological polar surface area (TPSA) is 6.48 Å². The minimum atomic E-state index is 0.428. The second kappa shape index (κ2) is 5.74. The Labute approximate surface area is 121 Å². The molecule has 1 aromatic rings. The first-order valence-electron chi connectivity index (χ1n) is 6.77. The van der Waals surface area contributed by atoms with Gasteiger partial charge in [-0.15, -0.1) is 0 Å². The van der Waals surface area contributed by atoms with Crippen LogP contribution in [0, 0.1) is 5.92 Å². The molecule has 1 aliphatic heterocycles. The Morgan fingerprint density at radius 3 is 2.37 bits per heavy atom. The molecule has 1 aromatic carbocycles. The van der Waals surface area contributed by atoms with Crippen LogP contribution < -0.4 is 4.90 Å². The fraction of sp³-hybridized carbons (Fsp3) is 0.438. The molecule has 0 bridgehead atoms. The van der Waals surface area contributed by atoms with Gasteiger partial charge in [-0.05, 0) is 24.1 Å². The number of anilines is 1. The molecule has 0 spiro atoms. The van der Waals surface area contributed by atoms with E-state index in [-0.39, 0.29) is 0 Å². The zero-order valence-corrected chi connectivity index (χ0v) is 12.9. The Morgan fingerprint density at radius 2 is 1.84 bits per heavy atom. The summed E-state index contributed by atoms with van der Waals surface area (Å²) in [5.74, 6) is 0.557. The van der Waals surface area contributed by atoms with E-state index < -0.39 is 0 Å². The number of thiocarbonyl (C=S) groups is 1. The third kappa shape index (κ3) is 2.98. The molecular formula is C16H22N2S. The van der Waals surface area contributed by atoms with Gasteiger partial charge >= 0.3 is 0 Å². The standard InChI is InChI=1S/C16H22N2S/c1-12(2)15-10-14(17(3)4)11-16(19)18(15)13-8-6-5-7-9-13/h5-9,11-12,15H,10H2,1-4H3. The van der Waals surface area contributed by atoms with Crippen molar-refractivity contribution in [3.8, 4) is 0 Å². The average molecular weight is 274 g/mol. The van der Waals surface area contributed by atoms with E-state index in [9.17, 15) is 0 Å². The Morgan fingerprint density at radius 1 is 1.21 bits per heavy atom. The Hall–Kier alpha value is -1.35. The average Bonchev–Trinajstić information content (AvgIpc) is 2.38. The van der Waals surface area contributed by atoms with Crippen LogP contribution in [0.5, 0.6) is 0 Å². The predicted octanol–water partition coefficient (Wildman–Crippen LogP) is 3.69. The van der Waals surface area contributed by atoms with Crippen molar-refractivity contribution in [2.75, 3.05) is 19.0 Å². The number of benzene rings is 1. The van der Waals surface area contributed by atoms with E-state index in [0.717, 1.165) is 11.4 Å². The van der Waals surface area contributed by atoms with Crippen molar-refractivity contribution in [1.29, 1.82) is 0 Å². The van der Waals surface area contributed by atoms with E-state index in [1.165, 1.54) is 11.4 Å². The van der Waals surface area contributed by atoms with Crippen molar-refractivity contribution in [3.05, 3.63) is 42.1 Å². The SMILES string of the molecule is CC(C)C1CC(N(C)C)=CC(=S)N1c1ccccc1. The molecule has 2 rings (SSSR count). The summed E-state index contributed by atoms with van der Waals surface area (Å²) in [6.07, 6.45) is 3.17. The molecule has 1 atom stereocenters. The lowest BCUT2D eigenvalue weighted by Crippen LogP contribution is -2.46. The zero-order chi connectivity index (χ0) is 14.0. The van der Waals surface area contributed by atoms with E-state index in [0.29, 0.717) is 12.0 Å². The van der Waals surface area contributed by atoms with Gasteiger partial charge in [0.2, 0.25) is 0 Å². The molecule has 0 aromatic heterocycles. The van der Waals surface area contributed by atoms with Crippen molar-refractivity contribution in [2.24, 2.45) is 5.92 Å². The van der Waals surface area contributed by atoms with Crippen molar-refractivity contribution in [3.63, 3.8) is 0 Å². The lowest BCUT2D eigenvalue weighted by atomic mass is 9.93. The van der Waals surface area contributed by atoms with Gasteiger partial charge in [-0.3, -0.25) is 0 Å². The highest BCUT2D eigenvalue weighted by atomic mass is 32.1. The van der Waals surface area contributed by atoms with Crippen LogP contribution in [0.2, 0.25) is 0 Å². The first-order valence-corrected chi connectivity index (χ1v) is 7.17. The highest BCUT2D eigenvalue weighted by Crippen LogP contribution is 2.30. The van der Waals surface area contributed by atoms with Crippen LogP contribution in [-0.4, -0.2) is 30.0 Å². The first kappa shape index (κ1) is 14.1. The van der Waals surface area contributed by atoms with Crippen molar-refractivity contribution in [2.45, 2.75) is 26.3 Å². The molecule has 0 N–H and O–H groups in total. The van der Waals surface area contributed by atoms with Crippen LogP contribution in [0.25, 0.3) is 0 Å². The van der Waals surface area contributed by atoms with Gasteiger partial charge in [-0.25, -0.2) is 0 Å². The smallest absolute Gasteiger partial charge is 0.108 e. The third-order valence-electron chi connectivity index (χ3n) is 3.66. The normalized spacial score (nSPS) is 19.6. The number of hydrogen-bond donors (Lipinski definition) is 0. The minimum Gasteiger partial charge on any atom is -0.381 e. The quantitative estimate of drug-likeness (QED) is 0.776. The fourth-order valence-electron chi connectivity index (χ4n) is 2.49. The maximum absolute atomic E-state index is 5.62. The molecule has 0 aliphatic carbocycles. The summed E-state index contributed by atoms with van der Waals surface area (Å²) in [5, 5.41) is 0. The highest BCUT2D eigenvalue weighted by Gasteiger charge is 2.30. The monoisotopic (exact) mass is 274 g/mol. The number of hydrogen-bond acceptors (Lipinski definition) is 2. The van der Waals surface area contributed by atoms with Gasteiger partial charge in [-0.2, -0.15) is 0 Å². The number of nitrogens with zero attached hydrogens (tertiary/aromatic N) is 2. The van der Waals surface area contributed by atoms with E-state index in [4.69, 9.17) is 12.2 Å². The molecule has 2 nitrogen and oxygen atoms in total. The van der Waals surface area contributed by atoms with E-state index in [2.05, 4.69) is 68.1 Å². The van der Waals surface area contributed by atoms with Gasteiger partial charge in [0.1, 0.15) is 4.99 Å². The van der Waals surface area contributed by atoms with Gasteiger partial charge < -0.3 is 9.80 Å². The second-order valence-electron chi connectivity index (χ2n) is 5.59. The lowest BCUT2D eigenvalue weighted by molar-refractivity contribution is 0.412. The minimum absolute atomic E-state index is 0.428. The summed E-state index contributed by atoms with van der Waals surface area (Å²) in [5.41, 5.74) is 2.51. The van der Waals surface area contributed by atoms with E-state index in [1.807, 2.05) is 6.07 Å². The number of para-hydroxylation sites is 1. The predicted molar refractivity (Wildman–Crippen MR) is 86.5 cm³/mol. The van der Waals surface area contributed by atoms with Crippen molar-refractivity contribution >= 4 is 22.9 Å². The Balaban J connectivity index is 2.39. The lowest BCUT2D eigenvalue weighted by Gasteiger charge is -2.41. The van der Waals surface area contributed by atoms with Crippen LogP contribution in [0.4, 0.5) is 5.69 Å². The zero-order valence-electron chi connectivity index (χ0n) is 12.1. The molecule has 19 heavy (non-hydrogen) atoms. The summed E-state index contributed by atoms with van der Waals surface area (Å²) in [7, 11) is 4.17. The van der Waals surface area contributed by atoms with Gasteiger partial charge in [0.15, 0.2) is 0 Å². The maximum Gasteiger partial charge on any atom is 0.108 e. The molecular weight excluding hydrogens is 252 g/mol. The molecule has 1 heterocycles. The molecule has 0 fully saturated rings. The molecule has 3 heteroatoms. The molecule has 0 amide bonds. The fourth-order valence-corrected chi connectivity index (χ4v) is 2.87. The molecule has 0 saturated carbocycles. The maximum atomic E-state index is 5.62. The summed E-state index contributed by atoms with van der Waals surface area (Å²) >= 11 is 5.62. The highest BCUT2D eigenvalue weighted by molar-refractivity contribution is 7.81. The summed E-state index contributed by atoms with van der Waals surface area (Å²) in [6, 6.07) is 10.9. The van der Waals surface area contributed by atoms with Crippen molar-refractivity contribution in [1.82, 2.24) is 4.90 Å². The van der Waals surface area contributed by atoms with E-state index in [1.54, 1.807) is 0 Å². The van der Waals surface area contributed by atoms with Gasteiger partial charge in [-0.1, -0.05) is 44.3 Å². The summed E-state index contributed by atoms with van der Waals surface area (Å²) in [4.78, 5) is 5.39. The summed E-state index contributed by atoms with van der Waals surface area (Å²) < 4.78 is 0. The van der Waals surface area contributed by atoms with Gasteiger partial charge in [0.25, 0.3) is 0 Å². The largest absolute Gasteiger partial charge is 0.381 e. The Kier molecular flexibility index (Phi) is 4.25. The van der Waals surface area contributed by atoms with Gasteiger partial charge in [0, 0.05) is 37.9 Å². The first-order chi connectivity index (χ1) is 9.00. The third-order valence-corrected chi connectivity index (χ3v) is 3.97. The summed E-state index contributed by atoms with van der Waals surface area (Å²) in [6.45, 7) is 4.53. The molecule has 0 saturated heterocycles. The van der Waals surface area contributed by atoms with E-state index >= 15 is 0 Å². The molecule has 1 aliphatic rings. The molecule has 102 valence electrons. The van der Waals surface area contributed by atoms with Gasteiger partial charge in [0.05, 0.1) is 0 Å². The van der Waals surface area contributed by atoms with Crippen LogP contribution in [0.1, 0.15) is 20.3 Å². The van der Waals surface area contributed by atoms with Crippen LogP contribution in [0.15, 0.2) is 42.1 Å². The van der Waals surface area contributed by atoms with Crippen LogP contribution in [0.3, 0.4) is 0 Å². The molecule has 0 radical (unpaired) electrons. The second-order valence-corrected chi connectivity index (χ2v) is 6.01. The van der Waals surface area contributed by atoms with Crippen LogP contribution >= 0.6 is 12.2 Å². The Bertz CT molecular complexity index is 477. The molecule has 1 unspecified atom stereocenters. The van der Waals surface area contributed by atoms with Crippen molar-refractivity contribution < 1.29 is 0 Å².